The van der Waals surface area contributed by atoms with Crippen LogP contribution < -0.4 is 0 Å². The van der Waals surface area contributed by atoms with Gasteiger partial charge in [0.2, 0.25) is 0 Å². The second-order valence-electron chi connectivity index (χ2n) is 5.76. The van der Waals surface area contributed by atoms with E-state index in [4.69, 9.17) is 0 Å². The molecule has 0 aliphatic heterocycles. The summed E-state index contributed by atoms with van der Waals surface area (Å²) in [6.07, 6.45) is 3.07. The Bertz CT molecular complexity index is 431. The second-order valence-corrected chi connectivity index (χ2v) is 5.76. The van der Waals surface area contributed by atoms with Gasteiger partial charge in [0.25, 0.3) is 0 Å². The molecule has 18 heavy (non-hydrogen) atoms. The van der Waals surface area contributed by atoms with E-state index in [0.29, 0.717) is 24.7 Å². The van der Waals surface area contributed by atoms with Crippen LogP contribution in [0.25, 0.3) is 0 Å². The van der Waals surface area contributed by atoms with Gasteiger partial charge in [-0.1, -0.05) is 19.9 Å². The molecule has 0 aromatic heterocycles. The maximum absolute atomic E-state index is 13.8. The van der Waals surface area contributed by atoms with Gasteiger partial charge >= 0.3 is 0 Å². The molecule has 1 N–H and O–H groups in total. The highest BCUT2D eigenvalue weighted by atomic mass is 19.1. The smallest absolute Gasteiger partial charge is 0.132 e. The van der Waals surface area contributed by atoms with Crippen molar-refractivity contribution >= 4 is 0 Å². The van der Waals surface area contributed by atoms with Gasteiger partial charge in [-0.3, -0.25) is 0 Å². The lowest BCUT2D eigenvalue weighted by atomic mass is 9.71. The molecule has 1 aliphatic rings. The summed E-state index contributed by atoms with van der Waals surface area (Å²) < 4.78 is 26.7. The van der Waals surface area contributed by atoms with Gasteiger partial charge in [0.05, 0.1) is 5.60 Å². The van der Waals surface area contributed by atoms with Crippen LogP contribution in [0.5, 0.6) is 0 Å². The SMILES string of the molecule is CC(C)C1CCCC(O)(c2ccc(F)cc2F)C1. The highest BCUT2D eigenvalue weighted by molar-refractivity contribution is 5.25. The van der Waals surface area contributed by atoms with Crippen LogP contribution in [0, 0.1) is 23.5 Å². The molecule has 0 spiro atoms. The molecule has 0 radical (unpaired) electrons. The van der Waals surface area contributed by atoms with Gasteiger partial charge in [0.15, 0.2) is 0 Å². The van der Waals surface area contributed by atoms with Gasteiger partial charge in [-0.25, -0.2) is 8.78 Å². The van der Waals surface area contributed by atoms with Crippen molar-refractivity contribution in [1.29, 1.82) is 0 Å². The first-order chi connectivity index (χ1) is 8.42. The molecule has 1 aromatic rings. The molecule has 1 fully saturated rings. The number of aliphatic hydroxyl groups is 1. The van der Waals surface area contributed by atoms with Gasteiger partial charge in [-0.05, 0) is 43.6 Å². The molecular formula is C15H20F2O. The number of hydrogen-bond donors (Lipinski definition) is 1. The Morgan fingerprint density at radius 2 is 2.06 bits per heavy atom. The fourth-order valence-electron chi connectivity index (χ4n) is 2.98. The summed E-state index contributed by atoms with van der Waals surface area (Å²) in [6.45, 7) is 4.24. The molecular weight excluding hydrogens is 234 g/mol. The predicted octanol–water partition coefficient (Wildman–Crippen LogP) is 4.00. The van der Waals surface area contributed by atoms with Crippen LogP contribution >= 0.6 is 0 Å². The van der Waals surface area contributed by atoms with Crippen LogP contribution in [0.3, 0.4) is 0 Å². The molecule has 3 heteroatoms. The Kier molecular flexibility index (Phi) is 3.71. The molecule has 1 nitrogen and oxygen atoms in total. The quantitative estimate of drug-likeness (QED) is 0.845. The molecule has 2 rings (SSSR count). The second kappa shape index (κ2) is 4.96. The lowest BCUT2D eigenvalue weighted by molar-refractivity contribution is -0.0322. The minimum atomic E-state index is -1.13. The zero-order valence-electron chi connectivity index (χ0n) is 10.9. The predicted molar refractivity (Wildman–Crippen MR) is 67.1 cm³/mol. The molecule has 100 valence electrons. The standard InChI is InChI=1S/C15H20F2O/c1-10(2)11-4-3-7-15(18,9-11)13-6-5-12(16)8-14(13)17/h5-6,8,10-11,18H,3-4,7,9H2,1-2H3. The van der Waals surface area contributed by atoms with Crippen molar-refractivity contribution in [1.82, 2.24) is 0 Å². The lowest BCUT2D eigenvalue weighted by Gasteiger charge is -2.39. The lowest BCUT2D eigenvalue weighted by Crippen LogP contribution is -2.35. The van der Waals surface area contributed by atoms with E-state index in [0.717, 1.165) is 18.9 Å². The van der Waals surface area contributed by atoms with Crippen LogP contribution in [0.4, 0.5) is 8.78 Å². The van der Waals surface area contributed by atoms with Crippen molar-refractivity contribution < 1.29 is 13.9 Å². The van der Waals surface area contributed by atoms with Gasteiger partial charge in [0.1, 0.15) is 11.6 Å². The van der Waals surface area contributed by atoms with Gasteiger partial charge in [0, 0.05) is 11.6 Å². The molecule has 2 atom stereocenters. The zero-order chi connectivity index (χ0) is 13.3. The summed E-state index contributed by atoms with van der Waals surface area (Å²) in [6, 6.07) is 3.45. The van der Waals surface area contributed by atoms with Crippen molar-refractivity contribution in [2.24, 2.45) is 11.8 Å². The van der Waals surface area contributed by atoms with Crippen molar-refractivity contribution in [3.05, 3.63) is 35.4 Å². The molecule has 0 bridgehead atoms. The summed E-state index contributed by atoms with van der Waals surface area (Å²) in [5.74, 6) is -0.369. The number of hydrogen-bond acceptors (Lipinski definition) is 1. The minimum Gasteiger partial charge on any atom is -0.385 e. The third-order valence-electron chi connectivity index (χ3n) is 4.14. The van der Waals surface area contributed by atoms with E-state index < -0.39 is 17.2 Å². The first-order valence-corrected chi connectivity index (χ1v) is 6.60. The molecule has 1 aromatic carbocycles. The Morgan fingerprint density at radius 3 is 2.67 bits per heavy atom. The maximum Gasteiger partial charge on any atom is 0.132 e. The van der Waals surface area contributed by atoms with Gasteiger partial charge in [-0.15, -0.1) is 0 Å². The van der Waals surface area contributed by atoms with E-state index >= 15 is 0 Å². The number of rotatable bonds is 2. The van der Waals surface area contributed by atoms with Crippen molar-refractivity contribution in [3.8, 4) is 0 Å². The summed E-state index contributed by atoms with van der Waals surface area (Å²) in [4.78, 5) is 0. The summed E-state index contributed by atoms with van der Waals surface area (Å²) in [7, 11) is 0. The highest BCUT2D eigenvalue weighted by Gasteiger charge is 2.38. The Labute approximate surface area is 107 Å². The van der Waals surface area contributed by atoms with E-state index in [-0.39, 0.29) is 5.56 Å². The van der Waals surface area contributed by atoms with E-state index in [2.05, 4.69) is 13.8 Å². The van der Waals surface area contributed by atoms with E-state index in [1.165, 1.54) is 12.1 Å². The Morgan fingerprint density at radius 1 is 1.33 bits per heavy atom. The third-order valence-corrected chi connectivity index (χ3v) is 4.14. The molecule has 0 heterocycles. The molecule has 1 aliphatic carbocycles. The average Bonchev–Trinajstić information content (AvgIpc) is 2.28. The van der Waals surface area contributed by atoms with E-state index in [1.54, 1.807) is 0 Å². The molecule has 0 saturated heterocycles. The number of benzene rings is 1. The normalized spacial score (nSPS) is 28.7. The number of halogens is 2. The fourth-order valence-corrected chi connectivity index (χ4v) is 2.98. The Hall–Kier alpha value is -0.960. The Balaban J connectivity index is 2.29. The fraction of sp³-hybridized carbons (Fsp3) is 0.600. The largest absolute Gasteiger partial charge is 0.385 e. The molecule has 1 saturated carbocycles. The summed E-state index contributed by atoms with van der Waals surface area (Å²) >= 11 is 0. The first kappa shape index (κ1) is 13.5. The average molecular weight is 254 g/mol. The van der Waals surface area contributed by atoms with Crippen LogP contribution in [-0.4, -0.2) is 5.11 Å². The van der Waals surface area contributed by atoms with Crippen molar-refractivity contribution in [2.45, 2.75) is 45.1 Å². The van der Waals surface area contributed by atoms with Crippen molar-refractivity contribution in [3.63, 3.8) is 0 Å². The van der Waals surface area contributed by atoms with Crippen LogP contribution in [0.15, 0.2) is 18.2 Å². The van der Waals surface area contributed by atoms with Gasteiger partial charge in [-0.2, -0.15) is 0 Å². The topological polar surface area (TPSA) is 20.2 Å². The maximum atomic E-state index is 13.8. The van der Waals surface area contributed by atoms with Crippen LogP contribution in [0.2, 0.25) is 0 Å². The van der Waals surface area contributed by atoms with Crippen LogP contribution in [0.1, 0.15) is 45.1 Å². The van der Waals surface area contributed by atoms with Crippen LogP contribution in [-0.2, 0) is 5.60 Å². The van der Waals surface area contributed by atoms with E-state index in [1.807, 2.05) is 0 Å². The third kappa shape index (κ3) is 2.56. The van der Waals surface area contributed by atoms with E-state index in [9.17, 15) is 13.9 Å². The van der Waals surface area contributed by atoms with Crippen molar-refractivity contribution in [2.75, 3.05) is 0 Å². The monoisotopic (exact) mass is 254 g/mol. The first-order valence-electron chi connectivity index (χ1n) is 6.60. The zero-order valence-corrected chi connectivity index (χ0v) is 10.9. The van der Waals surface area contributed by atoms with Gasteiger partial charge < -0.3 is 5.11 Å². The molecule has 2 unspecified atom stereocenters. The molecule has 0 amide bonds. The highest BCUT2D eigenvalue weighted by Crippen LogP contribution is 2.43. The summed E-state index contributed by atoms with van der Waals surface area (Å²) in [5.41, 5.74) is -0.889. The minimum absolute atomic E-state index is 0.245. The summed E-state index contributed by atoms with van der Waals surface area (Å²) in [5, 5.41) is 10.7.